The molecule has 1 aromatic carbocycles. The number of hydrogen-bond donors (Lipinski definition) is 1. The lowest BCUT2D eigenvalue weighted by Gasteiger charge is -2.05. The second kappa shape index (κ2) is 6.62. The van der Waals surface area contributed by atoms with Crippen molar-refractivity contribution in [2.45, 2.75) is 13.2 Å². The standard InChI is InChI=1S/C12H16ClNO/c1-10(13)7-14-8-11-4-3-5-12(6-11)9-15-2/h3-6,14H,1,7-9H2,2H3. The van der Waals surface area contributed by atoms with E-state index in [1.54, 1.807) is 7.11 Å². The number of rotatable bonds is 6. The minimum atomic E-state index is 0.628. The Morgan fingerprint density at radius 2 is 2.20 bits per heavy atom. The third kappa shape index (κ3) is 4.98. The predicted octanol–water partition coefficient (Wildman–Crippen LogP) is 2.68. The van der Waals surface area contributed by atoms with Gasteiger partial charge in [-0.3, -0.25) is 0 Å². The van der Waals surface area contributed by atoms with Crippen LogP contribution in [-0.4, -0.2) is 13.7 Å². The van der Waals surface area contributed by atoms with Crippen molar-refractivity contribution in [1.82, 2.24) is 5.32 Å². The van der Waals surface area contributed by atoms with Gasteiger partial charge in [0.1, 0.15) is 0 Å². The van der Waals surface area contributed by atoms with Crippen LogP contribution in [0, 0.1) is 0 Å². The largest absolute Gasteiger partial charge is 0.380 e. The quantitative estimate of drug-likeness (QED) is 0.804. The van der Waals surface area contributed by atoms with Gasteiger partial charge >= 0.3 is 0 Å². The molecule has 0 saturated carbocycles. The molecule has 0 amide bonds. The highest BCUT2D eigenvalue weighted by Crippen LogP contribution is 2.06. The molecule has 0 aromatic heterocycles. The Hall–Kier alpha value is -0.830. The molecule has 0 fully saturated rings. The molecule has 1 rings (SSSR count). The van der Waals surface area contributed by atoms with Crippen LogP contribution >= 0.6 is 11.6 Å². The van der Waals surface area contributed by atoms with Gasteiger partial charge in [-0.2, -0.15) is 0 Å². The maximum absolute atomic E-state index is 5.65. The number of ether oxygens (including phenoxy) is 1. The van der Waals surface area contributed by atoms with Crippen molar-refractivity contribution in [3.8, 4) is 0 Å². The minimum absolute atomic E-state index is 0.628. The van der Waals surface area contributed by atoms with E-state index in [1.807, 2.05) is 12.1 Å². The highest BCUT2D eigenvalue weighted by Gasteiger charge is 1.96. The molecule has 0 atom stereocenters. The molecule has 0 aliphatic rings. The zero-order valence-corrected chi connectivity index (χ0v) is 9.68. The summed E-state index contributed by atoms with van der Waals surface area (Å²) in [5.41, 5.74) is 2.41. The molecule has 0 saturated heterocycles. The molecule has 3 heteroatoms. The van der Waals surface area contributed by atoms with Gasteiger partial charge in [0, 0.05) is 25.2 Å². The number of methoxy groups -OCH3 is 1. The molecule has 0 aliphatic heterocycles. The first kappa shape index (κ1) is 12.2. The fourth-order valence-corrected chi connectivity index (χ4v) is 1.43. The zero-order valence-electron chi connectivity index (χ0n) is 8.92. The summed E-state index contributed by atoms with van der Waals surface area (Å²) in [5, 5.41) is 3.83. The minimum Gasteiger partial charge on any atom is -0.380 e. The van der Waals surface area contributed by atoms with Crippen LogP contribution in [-0.2, 0) is 17.9 Å². The Labute approximate surface area is 95.9 Å². The van der Waals surface area contributed by atoms with Crippen LogP contribution in [0.5, 0.6) is 0 Å². The van der Waals surface area contributed by atoms with Gasteiger partial charge in [0.25, 0.3) is 0 Å². The van der Waals surface area contributed by atoms with Crippen LogP contribution in [0.25, 0.3) is 0 Å². The molecule has 82 valence electrons. The summed E-state index contributed by atoms with van der Waals surface area (Å²) < 4.78 is 5.07. The summed E-state index contributed by atoms with van der Waals surface area (Å²) in [6.45, 7) is 5.70. The maximum Gasteiger partial charge on any atom is 0.0713 e. The lowest BCUT2D eigenvalue weighted by Crippen LogP contribution is -2.14. The maximum atomic E-state index is 5.65. The summed E-state index contributed by atoms with van der Waals surface area (Å²) in [4.78, 5) is 0. The van der Waals surface area contributed by atoms with Gasteiger partial charge in [-0.1, -0.05) is 42.4 Å². The number of halogens is 1. The number of benzene rings is 1. The summed E-state index contributed by atoms with van der Waals surface area (Å²) in [5.74, 6) is 0. The molecule has 0 unspecified atom stereocenters. The molecular weight excluding hydrogens is 210 g/mol. The molecule has 0 bridgehead atoms. The van der Waals surface area contributed by atoms with Gasteiger partial charge in [0.15, 0.2) is 0 Å². The average molecular weight is 226 g/mol. The van der Waals surface area contributed by atoms with Crippen molar-refractivity contribution < 1.29 is 4.74 Å². The van der Waals surface area contributed by atoms with Crippen LogP contribution in [0.3, 0.4) is 0 Å². The number of hydrogen-bond acceptors (Lipinski definition) is 2. The predicted molar refractivity (Wildman–Crippen MR) is 63.9 cm³/mol. The Balaban J connectivity index is 2.46. The van der Waals surface area contributed by atoms with E-state index >= 15 is 0 Å². The van der Waals surface area contributed by atoms with Crippen molar-refractivity contribution in [2.24, 2.45) is 0 Å². The highest BCUT2D eigenvalue weighted by atomic mass is 35.5. The molecule has 0 spiro atoms. The van der Waals surface area contributed by atoms with Crippen molar-refractivity contribution in [2.75, 3.05) is 13.7 Å². The van der Waals surface area contributed by atoms with Crippen LogP contribution in [0.4, 0.5) is 0 Å². The van der Waals surface area contributed by atoms with Gasteiger partial charge in [0.2, 0.25) is 0 Å². The van der Waals surface area contributed by atoms with Crippen LogP contribution in [0.1, 0.15) is 11.1 Å². The van der Waals surface area contributed by atoms with E-state index in [9.17, 15) is 0 Å². The van der Waals surface area contributed by atoms with Crippen molar-refractivity contribution in [1.29, 1.82) is 0 Å². The second-order valence-corrected chi connectivity index (χ2v) is 3.91. The summed E-state index contributed by atoms with van der Waals surface area (Å²) in [6.07, 6.45) is 0. The van der Waals surface area contributed by atoms with Crippen LogP contribution in [0.2, 0.25) is 0 Å². The Morgan fingerprint density at radius 3 is 2.87 bits per heavy atom. The van der Waals surface area contributed by atoms with Crippen molar-refractivity contribution in [3.05, 3.63) is 47.0 Å². The molecule has 0 heterocycles. The van der Waals surface area contributed by atoms with E-state index < -0.39 is 0 Å². The average Bonchev–Trinajstić information content (AvgIpc) is 2.18. The molecule has 0 aliphatic carbocycles. The van der Waals surface area contributed by atoms with E-state index in [-0.39, 0.29) is 0 Å². The normalized spacial score (nSPS) is 10.3. The Morgan fingerprint density at radius 1 is 1.47 bits per heavy atom. The van der Waals surface area contributed by atoms with Gasteiger partial charge in [-0.15, -0.1) is 0 Å². The molecular formula is C12H16ClNO. The molecule has 2 nitrogen and oxygen atoms in total. The third-order valence-corrected chi connectivity index (χ3v) is 2.08. The van der Waals surface area contributed by atoms with Crippen molar-refractivity contribution in [3.63, 3.8) is 0 Å². The Bertz CT molecular complexity index is 325. The third-order valence-electron chi connectivity index (χ3n) is 1.95. The topological polar surface area (TPSA) is 21.3 Å². The number of nitrogens with one attached hydrogen (secondary N) is 1. The fourth-order valence-electron chi connectivity index (χ4n) is 1.34. The lowest BCUT2D eigenvalue weighted by atomic mass is 10.1. The van der Waals surface area contributed by atoms with Crippen LogP contribution < -0.4 is 5.32 Å². The molecule has 0 radical (unpaired) electrons. The van der Waals surface area contributed by atoms with Crippen LogP contribution in [0.15, 0.2) is 35.9 Å². The van der Waals surface area contributed by atoms with Gasteiger partial charge < -0.3 is 10.1 Å². The van der Waals surface area contributed by atoms with E-state index in [0.717, 1.165) is 6.54 Å². The summed E-state index contributed by atoms with van der Waals surface area (Å²) in [7, 11) is 1.70. The molecule has 1 N–H and O–H groups in total. The second-order valence-electron chi connectivity index (χ2n) is 3.37. The van der Waals surface area contributed by atoms with Crippen molar-refractivity contribution >= 4 is 11.6 Å². The summed E-state index contributed by atoms with van der Waals surface area (Å²) in [6, 6.07) is 8.27. The Kier molecular flexibility index (Phi) is 5.40. The first-order valence-electron chi connectivity index (χ1n) is 4.83. The van der Waals surface area contributed by atoms with Gasteiger partial charge in [-0.05, 0) is 11.1 Å². The van der Waals surface area contributed by atoms with Gasteiger partial charge in [0.05, 0.1) is 6.61 Å². The first-order chi connectivity index (χ1) is 7.22. The van der Waals surface area contributed by atoms with E-state index in [4.69, 9.17) is 16.3 Å². The zero-order chi connectivity index (χ0) is 11.1. The monoisotopic (exact) mass is 225 g/mol. The highest BCUT2D eigenvalue weighted by molar-refractivity contribution is 6.29. The smallest absolute Gasteiger partial charge is 0.0713 e. The van der Waals surface area contributed by atoms with E-state index in [1.165, 1.54) is 11.1 Å². The van der Waals surface area contributed by atoms with Gasteiger partial charge in [-0.25, -0.2) is 0 Å². The van der Waals surface area contributed by atoms with E-state index in [0.29, 0.717) is 18.2 Å². The molecule has 1 aromatic rings. The molecule has 15 heavy (non-hydrogen) atoms. The van der Waals surface area contributed by atoms with E-state index in [2.05, 4.69) is 24.0 Å². The fraction of sp³-hybridized carbons (Fsp3) is 0.333. The first-order valence-corrected chi connectivity index (χ1v) is 5.21. The summed E-state index contributed by atoms with van der Waals surface area (Å²) >= 11 is 5.65. The SMILES string of the molecule is C=C(Cl)CNCc1cccc(COC)c1. The lowest BCUT2D eigenvalue weighted by molar-refractivity contribution is 0.185.